The molecule has 0 aromatic carbocycles. The van der Waals surface area contributed by atoms with E-state index in [-0.39, 0.29) is 6.04 Å². The summed E-state index contributed by atoms with van der Waals surface area (Å²) in [5.74, 6) is 2.85. The van der Waals surface area contributed by atoms with Gasteiger partial charge in [-0.3, -0.25) is 9.89 Å². The van der Waals surface area contributed by atoms with Crippen LogP contribution in [-0.2, 0) is 12.8 Å². The number of guanidine groups is 1. The number of thiazole rings is 1. The van der Waals surface area contributed by atoms with E-state index in [0.29, 0.717) is 6.54 Å². The van der Waals surface area contributed by atoms with Crippen LogP contribution in [0.25, 0.3) is 0 Å². The molecule has 2 aromatic heterocycles. The van der Waals surface area contributed by atoms with E-state index in [1.807, 2.05) is 19.2 Å². The number of hydrogen-bond donors (Lipinski definition) is 2. The molecule has 1 fully saturated rings. The Labute approximate surface area is 172 Å². The lowest BCUT2D eigenvalue weighted by Gasteiger charge is -2.24. The van der Waals surface area contributed by atoms with Crippen LogP contribution in [0.3, 0.4) is 0 Å². The van der Waals surface area contributed by atoms with Gasteiger partial charge in [0.1, 0.15) is 11.5 Å². The Morgan fingerprint density at radius 1 is 1.29 bits per heavy atom. The Morgan fingerprint density at radius 2 is 2.11 bits per heavy atom. The van der Waals surface area contributed by atoms with Crippen molar-refractivity contribution in [1.29, 1.82) is 0 Å². The summed E-state index contributed by atoms with van der Waals surface area (Å²) < 4.78 is 5.94. The minimum atomic E-state index is 0.206. The number of furan rings is 1. The summed E-state index contributed by atoms with van der Waals surface area (Å²) in [6, 6.07) is 4.35. The third-order valence-electron chi connectivity index (χ3n) is 5.02. The van der Waals surface area contributed by atoms with Crippen LogP contribution in [0.5, 0.6) is 0 Å². The lowest BCUT2D eigenvalue weighted by molar-refractivity contribution is 0.219. The lowest BCUT2D eigenvalue weighted by atomic mass is 10.2. The Balaban J connectivity index is 1.60. The minimum Gasteiger partial charge on any atom is -0.465 e. The van der Waals surface area contributed by atoms with Gasteiger partial charge in [-0.05, 0) is 58.3 Å². The van der Waals surface area contributed by atoms with Crippen molar-refractivity contribution in [3.63, 3.8) is 0 Å². The molecule has 0 saturated carbocycles. The average Bonchev–Trinajstić information content (AvgIpc) is 3.44. The van der Waals surface area contributed by atoms with Gasteiger partial charge in [0, 0.05) is 30.6 Å². The van der Waals surface area contributed by atoms with Gasteiger partial charge in [-0.2, -0.15) is 0 Å². The van der Waals surface area contributed by atoms with Crippen LogP contribution in [0.4, 0.5) is 0 Å². The fourth-order valence-corrected chi connectivity index (χ4v) is 4.37. The van der Waals surface area contributed by atoms with E-state index in [1.165, 1.54) is 22.7 Å². The summed E-state index contributed by atoms with van der Waals surface area (Å²) in [6.07, 6.45) is 6.48. The van der Waals surface area contributed by atoms with Gasteiger partial charge in [0.2, 0.25) is 0 Å². The number of aliphatic imine (C=N–C) groups is 1. The minimum absolute atomic E-state index is 0.206. The van der Waals surface area contributed by atoms with E-state index in [4.69, 9.17) is 9.41 Å². The molecule has 3 heterocycles. The van der Waals surface area contributed by atoms with Gasteiger partial charge in [-0.15, -0.1) is 11.3 Å². The quantitative estimate of drug-likeness (QED) is 0.495. The van der Waals surface area contributed by atoms with Crippen molar-refractivity contribution in [3.8, 4) is 0 Å². The smallest absolute Gasteiger partial charge is 0.191 e. The Kier molecular flexibility index (Phi) is 7.91. The highest BCUT2D eigenvalue weighted by Crippen LogP contribution is 2.27. The molecule has 6 nitrogen and oxygen atoms in total. The molecule has 3 rings (SSSR count). The Morgan fingerprint density at radius 3 is 2.75 bits per heavy atom. The molecule has 154 valence electrons. The molecule has 2 N–H and O–H groups in total. The number of hydrogen-bond acceptors (Lipinski definition) is 5. The Hall–Kier alpha value is -1.86. The fourth-order valence-electron chi connectivity index (χ4n) is 3.51. The van der Waals surface area contributed by atoms with Crippen molar-refractivity contribution in [3.05, 3.63) is 39.7 Å². The zero-order valence-electron chi connectivity index (χ0n) is 17.3. The number of likely N-dealkylation sites (tertiary alicyclic amines) is 1. The zero-order valence-corrected chi connectivity index (χ0v) is 18.1. The molecule has 0 amide bonds. The van der Waals surface area contributed by atoms with Gasteiger partial charge in [0.25, 0.3) is 0 Å². The van der Waals surface area contributed by atoms with Crippen LogP contribution in [0, 0.1) is 6.92 Å². The maximum atomic E-state index is 5.94. The predicted molar refractivity (Wildman–Crippen MR) is 116 cm³/mol. The van der Waals surface area contributed by atoms with Gasteiger partial charge in [0.05, 0.1) is 17.6 Å². The summed E-state index contributed by atoms with van der Waals surface area (Å²) in [4.78, 5) is 13.2. The monoisotopic (exact) mass is 403 g/mol. The predicted octanol–water partition coefficient (Wildman–Crippen LogP) is 3.54. The first-order valence-corrected chi connectivity index (χ1v) is 11.3. The second kappa shape index (κ2) is 10.6. The molecular formula is C21H33N5OS. The Bertz CT molecular complexity index is 748. The van der Waals surface area contributed by atoms with Gasteiger partial charge in [-0.1, -0.05) is 6.92 Å². The SMILES string of the molecule is CCNC(=NCC(c1ccc(C)o1)N1CCCC1)NCCc1ncc(CC)s1. The number of aryl methyl sites for hydroxylation is 2. The van der Waals surface area contributed by atoms with Crippen molar-refractivity contribution in [2.24, 2.45) is 4.99 Å². The summed E-state index contributed by atoms with van der Waals surface area (Å²) in [6.45, 7) is 10.9. The molecule has 1 saturated heterocycles. The number of nitrogens with one attached hydrogen (secondary N) is 2. The number of nitrogens with zero attached hydrogens (tertiary/aromatic N) is 3. The molecule has 1 aliphatic rings. The zero-order chi connectivity index (χ0) is 19.8. The highest BCUT2D eigenvalue weighted by atomic mass is 32.1. The summed E-state index contributed by atoms with van der Waals surface area (Å²) >= 11 is 1.80. The van der Waals surface area contributed by atoms with Crippen LogP contribution in [-0.4, -0.2) is 48.6 Å². The molecule has 1 atom stereocenters. The maximum Gasteiger partial charge on any atom is 0.191 e. The molecule has 1 unspecified atom stereocenters. The molecule has 0 aliphatic carbocycles. The first-order chi connectivity index (χ1) is 13.7. The van der Waals surface area contributed by atoms with Gasteiger partial charge in [-0.25, -0.2) is 4.98 Å². The summed E-state index contributed by atoms with van der Waals surface area (Å²) in [5.41, 5.74) is 0. The summed E-state index contributed by atoms with van der Waals surface area (Å²) in [5, 5.41) is 8.00. The van der Waals surface area contributed by atoms with E-state index >= 15 is 0 Å². The standard InChI is InChI=1S/C21H33N5OS/c1-4-17-14-24-20(28-17)10-11-23-21(22-5-2)25-15-18(26-12-6-7-13-26)19-9-8-16(3)27-19/h8-9,14,18H,4-7,10-13,15H2,1-3H3,(H2,22,23,25). The molecule has 1 aliphatic heterocycles. The molecule has 0 radical (unpaired) electrons. The van der Waals surface area contributed by atoms with E-state index in [9.17, 15) is 0 Å². The van der Waals surface area contributed by atoms with Crippen LogP contribution in [0.1, 0.15) is 54.1 Å². The average molecular weight is 404 g/mol. The third kappa shape index (κ3) is 5.82. The van der Waals surface area contributed by atoms with Crippen molar-refractivity contribution in [2.45, 2.75) is 52.5 Å². The van der Waals surface area contributed by atoms with Crippen LogP contribution in [0.15, 0.2) is 27.7 Å². The topological polar surface area (TPSA) is 65.7 Å². The molecule has 28 heavy (non-hydrogen) atoms. The van der Waals surface area contributed by atoms with Crippen molar-refractivity contribution in [2.75, 3.05) is 32.7 Å². The van der Waals surface area contributed by atoms with E-state index < -0.39 is 0 Å². The maximum absolute atomic E-state index is 5.94. The molecular weight excluding hydrogens is 370 g/mol. The van der Waals surface area contributed by atoms with Crippen LogP contribution >= 0.6 is 11.3 Å². The number of aromatic nitrogens is 1. The van der Waals surface area contributed by atoms with Crippen molar-refractivity contribution in [1.82, 2.24) is 20.5 Å². The van der Waals surface area contributed by atoms with Gasteiger partial charge < -0.3 is 15.1 Å². The van der Waals surface area contributed by atoms with E-state index in [2.05, 4.69) is 40.4 Å². The normalized spacial score (nSPS) is 16.5. The molecule has 7 heteroatoms. The first kappa shape index (κ1) is 20.9. The second-order valence-electron chi connectivity index (χ2n) is 7.18. The van der Waals surface area contributed by atoms with Gasteiger partial charge >= 0.3 is 0 Å². The van der Waals surface area contributed by atoms with Crippen LogP contribution < -0.4 is 10.6 Å². The van der Waals surface area contributed by atoms with Crippen LogP contribution in [0.2, 0.25) is 0 Å². The first-order valence-electron chi connectivity index (χ1n) is 10.5. The highest BCUT2D eigenvalue weighted by Gasteiger charge is 2.25. The van der Waals surface area contributed by atoms with Crippen molar-refractivity contribution >= 4 is 17.3 Å². The molecule has 0 spiro atoms. The number of rotatable bonds is 9. The second-order valence-corrected chi connectivity index (χ2v) is 8.38. The van der Waals surface area contributed by atoms with Gasteiger partial charge in [0.15, 0.2) is 5.96 Å². The highest BCUT2D eigenvalue weighted by molar-refractivity contribution is 7.11. The van der Waals surface area contributed by atoms with E-state index in [1.54, 1.807) is 11.3 Å². The third-order valence-corrected chi connectivity index (χ3v) is 6.22. The molecule has 0 bridgehead atoms. The largest absolute Gasteiger partial charge is 0.465 e. The van der Waals surface area contributed by atoms with Crippen molar-refractivity contribution < 1.29 is 4.42 Å². The lowest BCUT2D eigenvalue weighted by Crippen LogP contribution is -2.39. The summed E-state index contributed by atoms with van der Waals surface area (Å²) in [7, 11) is 0. The fraction of sp³-hybridized carbons (Fsp3) is 0.619. The van der Waals surface area contributed by atoms with E-state index in [0.717, 1.165) is 56.5 Å². The molecule has 2 aromatic rings.